The van der Waals surface area contributed by atoms with E-state index in [1.807, 2.05) is 31.2 Å². The zero-order valence-electron chi connectivity index (χ0n) is 11.9. The first kappa shape index (κ1) is 13.7. The van der Waals surface area contributed by atoms with Gasteiger partial charge in [0.05, 0.1) is 0 Å². The van der Waals surface area contributed by atoms with Crippen molar-refractivity contribution in [3.05, 3.63) is 60.9 Å². The molecule has 0 bridgehead atoms. The Bertz CT molecular complexity index is 767. The Hall–Kier alpha value is -3.22. The van der Waals surface area contributed by atoms with Gasteiger partial charge < -0.3 is 5.32 Å². The molecule has 3 rings (SSSR count). The summed E-state index contributed by atoms with van der Waals surface area (Å²) in [7, 11) is 0. The highest BCUT2D eigenvalue weighted by molar-refractivity contribution is 5.99. The van der Waals surface area contributed by atoms with Crippen LogP contribution in [0.25, 0.3) is 5.82 Å². The molecule has 0 spiro atoms. The van der Waals surface area contributed by atoms with Crippen molar-refractivity contribution >= 4 is 17.5 Å². The van der Waals surface area contributed by atoms with Crippen molar-refractivity contribution in [3.8, 4) is 5.82 Å². The van der Waals surface area contributed by atoms with Crippen LogP contribution in [0.1, 0.15) is 5.56 Å². The number of hydrogen-bond donors (Lipinski definition) is 2. The number of nitrogens with one attached hydrogen (secondary N) is 2. The van der Waals surface area contributed by atoms with Crippen LogP contribution >= 0.6 is 0 Å². The molecule has 0 unspecified atom stereocenters. The molecule has 7 heteroatoms. The minimum atomic E-state index is -0.362. The first-order valence-corrected chi connectivity index (χ1v) is 6.66. The molecule has 0 saturated heterocycles. The lowest BCUT2D eigenvalue weighted by molar-refractivity contribution is 0.262. The van der Waals surface area contributed by atoms with E-state index in [1.54, 1.807) is 29.4 Å². The lowest BCUT2D eigenvalue weighted by atomic mass is 10.2. The Kier molecular flexibility index (Phi) is 3.78. The Morgan fingerprint density at radius 2 is 1.95 bits per heavy atom. The average Bonchev–Trinajstić information content (AvgIpc) is 3.04. The molecular weight excluding hydrogens is 280 g/mol. The third-order valence-corrected chi connectivity index (χ3v) is 2.97. The highest BCUT2D eigenvalue weighted by atomic mass is 16.2. The van der Waals surface area contributed by atoms with E-state index < -0.39 is 0 Å². The first-order chi connectivity index (χ1) is 10.7. The second-order valence-electron chi connectivity index (χ2n) is 4.68. The van der Waals surface area contributed by atoms with Gasteiger partial charge in [-0.3, -0.25) is 9.88 Å². The minimum absolute atomic E-state index is 0.362. The Balaban J connectivity index is 1.69. The molecule has 0 aliphatic heterocycles. The number of nitrogens with zero attached hydrogens (tertiary/aromatic N) is 4. The van der Waals surface area contributed by atoms with Gasteiger partial charge in [-0.1, -0.05) is 17.7 Å². The predicted octanol–water partition coefficient (Wildman–Crippen LogP) is 2.61. The van der Waals surface area contributed by atoms with Gasteiger partial charge in [-0.2, -0.15) is 0 Å². The molecule has 3 aromatic rings. The van der Waals surface area contributed by atoms with Crippen molar-refractivity contribution < 1.29 is 4.79 Å². The smallest absolute Gasteiger partial charge is 0.308 e. The predicted molar refractivity (Wildman–Crippen MR) is 83.0 cm³/mol. The number of carbonyl (C=O) groups is 1. The number of imidazole rings is 1. The summed E-state index contributed by atoms with van der Waals surface area (Å²) in [6, 6.07) is 8.84. The number of rotatable bonds is 3. The van der Waals surface area contributed by atoms with Crippen molar-refractivity contribution in [2.45, 2.75) is 6.92 Å². The number of amides is 2. The van der Waals surface area contributed by atoms with Gasteiger partial charge in [-0.05, 0) is 19.1 Å². The van der Waals surface area contributed by atoms with Crippen LogP contribution in [0.2, 0.25) is 0 Å². The topological polar surface area (TPSA) is 84.7 Å². The van der Waals surface area contributed by atoms with E-state index in [0.717, 1.165) is 5.56 Å². The van der Waals surface area contributed by atoms with E-state index in [2.05, 4.69) is 25.6 Å². The van der Waals surface area contributed by atoms with Gasteiger partial charge in [0.1, 0.15) is 24.3 Å². The maximum Gasteiger partial charge on any atom is 0.324 e. The molecule has 2 heterocycles. The van der Waals surface area contributed by atoms with Crippen LogP contribution in [0, 0.1) is 6.92 Å². The Morgan fingerprint density at radius 3 is 2.68 bits per heavy atom. The molecule has 2 amide bonds. The van der Waals surface area contributed by atoms with E-state index in [-0.39, 0.29) is 6.03 Å². The lowest BCUT2D eigenvalue weighted by Gasteiger charge is -2.08. The van der Waals surface area contributed by atoms with Crippen molar-refractivity contribution in [2.75, 3.05) is 10.6 Å². The maximum atomic E-state index is 12.0. The van der Waals surface area contributed by atoms with Gasteiger partial charge >= 0.3 is 6.03 Å². The van der Waals surface area contributed by atoms with Gasteiger partial charge in [0.2, 0.25) is 0 Å². The molecule has 110 valence electrons. The Morgan fingerprint density at radius 1 is 1.14 bits per heavy atom. The molecule has 22 heavy (non-hydrogen) atoms. The minimum Gasteiger partial charge on any atom is -0.308 e. The summed E-state index contributed by atoms with van der Waals surface area (Å²) in [5, 5.41) is 5.41. The van der Waals surface area contributed by atoms with E-state index >= 15 is 0 Å². The second kappa shape index (κ2) is 6.04. The van der Waals surface area contributed by atoms with Crippen molar-refractivity contribution in [1.82, 2.24) is 19.5 Å². The van der Waals surface area contributed by atoms with Crippen LogP contribution < -0.4 is 10.6 Å². The van der Waals surface area contributed by atoms with Gasteiger partial charge in [-0.15, -0.1) is 0 Å². The molecule has 0 fully saturated rings. The highest BCUT2D eigenvalue weighted by Crippen LogP contribution is 2.11. The third-order valence-electron chi connectivity index (χ3n) is 2.97. The molecule has 2 N–H and O–H groups in total. The normalized spacial score (nSPS) is 10.2. The third kappa shape index (κ3) is 3.26. The van der Waals surface area contributed by atoms with Crippen LogP contribution in [0.3, 0.4) is 0 Å². The average molecular weight is 294 g/mol. The summed E-state index contributed by atoms with van der Waals surface area (Å²) in [6.45, 7) is 1.99. The van der Waals surface area contributed by atoms with E-state index in [0.29, 0.717) is 17.3 Å². The van der Waals surface area contributed by atoms with Crippen LogP contribution in [0.4, 0.5) is 16.3 Å². The zero-order valence-corrected chi connectivity index (χ0v) is 11.9. The van der Waals surface area contributed by atoms with E-state index in [4.69, 9.17) is 0 Å². The van der Waals surface area contributed by atoms with Crippen LogP contribution in [-0.2, 0) is 0 Å². The SMILES string of the molecule is Cc1ccc(NC(=O)Nc2cc(-n3ccnc3)ncn2)cc1. The number of urea groups is 1. The Labute approximate surface area is 127 Å². The molecule has 7 nitrogen and oxygen atoms in total. The van der Waals surface area contributed by atoms with Crippen LogP contribution in [0.15, 0.2) is 55.4 Å². The zero-order chi connectivity index (χ0) is 15.4. The number of aryl methyl sites for hydroxylation is 1. The van der Waals surface area contributed by atoms with Crippen molar-refractivity contribution in [3.63, 3.8) is 0 Å². The molecule has 0 aliphatic rings. The fraction of sp³-hybridized carbons (Fsp3) is 0.0667. The number of aromatic nitrogens is 4. The fourth-order valence-electron chi connectivity index (χ4n) is 1.87. The van der Waals surface area contributed by atoms with Crippen molar-refractivity contribution in [1.29, 1.82) is 0 Å². The molecule has 0 radical (unpaired) electrons. The van der Waals surface area contributed by atoms with Gasteiger partial charge in [0.15, 0.2) is 0 Å². The maximum absolute atomic E-state index is 12.0. The first-order valence-electron chi connectivity index (χ1n) is 6.66. The van der Waals surface area contributed by atoms with Gasteiger partial charge in [-0.25, -0.2) is 19.7 Å². The summed E-state index contributed by atoms with van der Waals surface area (Å²) in [5.74, 6) is 1.03. The lowest BCUT2D eigenvalue weighted by Crippen LogP contribution is -2.20. The van der Waals surface area contributed by atoms with Crippen LogP contribution in [-0.4, -0.2) is 25.6 Å². The second-order valence-corrected chi connectivity index (χ2v) is 4.68. The summed E-state index contributed by atoms with van der Waals surface area (Å²) in [6.07, 6.45) is 6.42. The molecular formula is C15H14N6O. The quantitative estimate of drug-likeness (QED) is 0.777. The summed E-state index contributed by atoms with van der Waals surface area (Å²) >= 11 is 0. The number of anilines is 2. The highest BCUT2D eigenvalue weighted by Gasteiger charge is 2.05. The van der Waals surface area contributed by atoms with Gasteiger partial charge in [0, 0.05) is 24.1 Å². The summed E-state index contributed by atoms with van der Waals surface area (Å²) in [4.78, 5) is 24.1. The molecule has 0 atom stereocenters. The summed E-state index contributed by atoms with van der Waals surface area (Å²) < 4.78 is 1.73. The van der Waals surface area contributed by atoms with Gasteiger partial charge in [0.25, 0.3) is 0 Å². The van der Waals surface area contributed by atoms with E-state index in [1.165, 1.54) is 6.33 Å². The number of carbonyl (C=O) groups excluding carboxylic acids is 1. The standard InChI is InChI=1S/C15H14N6O/c1-11-2-4-12(5-3-11)19-15(22)20-13-8-14(18-9-17-13)21-7-6-16-10-21/h2-10H,1H3,(H2,17,18,19,20,22). The monoisotopic (exact) mass is 294 g/mol. The van der Waals surface area contributed by atoms with E-state index in [9.17, 15) is 4.79 Å². The number of benzene rings is 1. The summed E-state index contributed by atoms with van der Waals surface area (Å²) in [5.41, 5.74) is 1.85. The van der Waals surface area contributed by atoms with Crippen LogP contribution in [0.5, 0.6) is 0 Å². The molecule has 1 aromatic carbocycles. The molecule has 2 aromatic heterocycles. The fourth-order valence-corrected chi connectivity index (χ4v) is 1.87. The molecule has 0 saturated carbocycles. The van der Waals surface area contributed by atoms with Crippen molar-refractivity contribution in [2.24, 2.45) is 0 Å². The largest absolute Gasteiger partial charge is 0.324 e. The number of hydrogen-bond acceptors (Lipinski definition) is 4. The molecule has 0 aliphatic carbocycles.